The monoisotopic (exact) mass is 454 g/mol. The molecule has 0 heterocycles. The first-order valence-electron chi connectivity index (χ1n) is 8.42. The number of sulfonamides is 1. The van der Waals surface area contributed by atoms with Crippen molar-refractivity contribution >= 4 is 38.9 Å². The zero-order valence-electron chi connectivity index (χ0n) is 15.1. The van der Waals surface area contributed by atoms with Gasteiger partial charge in [-0.05, 0) is 54.6 Å². The number of nitrogens with one attached hydrogen (secondary N) is 2. The Bertz CT molecular complexity index is 1170. The van der Waals surface area contributed by atoms with Crippen LogP contribution in [0.15, 0.2) is 77.7 Å². The zero-order chi connectivity index (χ0) is 21.9. The first-order valence-corrected chi connectivity index (χ1v) is 10.3. The molecule has 0 aliphatic heterocycles. The van der Waals surface area contributed by atoms with Crippen molar-refractivity contribution in [1.82, 2.24) is 0 Å². The molecule has 1 amide bonds. The van der Waals surface area contributed by atoms with Crippen molar-refractivity contribution in [3.8, 4) is 0 Å². The minimum absolute atomic E-state index is 0.0522. The van der Waals surface area contributed by atoms with Crippen molar-refractivity contribution in [2.45, 2.75) is 11.1 Å². The number of hydrogen-bond acceptors (Lipinski definition) is 3. The van der Waals surface area contributed by atoms with E-state index in [1.807, 2.05) is 0 Å². The summed E-state index contributed by atoms with van der Waals surface area (Å²) in [5, 5.41) is 2.27. The van der Waals surface area contributed by atoms with Crippen LogP contribution in [0.1, 0.15) is 15.9 Å². The van der Waals surface area contributed by atoms with Crippen molar-refractivity contribution in [3.63, 3.8) is 0 Å². The van der Waals surface area contributed by atoms with Gasteiger partial charge in [-0.1, -0.05) is 29.8 Å². The Labute approximate surface area is 175 Å². The Hall–Kier alpha value is -3.04. The van der Waals surface area contributed by atoms with Crippen LogP contribution >= 0.6 is 11.6 Å². The summed E-state index contributed by atoms with van der Waals surface area (Å²) < 4.78 is 65.6. The normalized spacial score (nSPS) is 11.7. The molecule has 0 unspecified atom stereocenters. The maximum atomic E-state index is 12.9. The van der Waals surface area contributed by atoms with Gasteiger partial charge in [0.25, 0.3) is 15.9 Å². The number of amides is 1. The Kier molecular flexibility index (Phi) is 6.04. The van der Waals surface area contributed by atoms with Crippen LogP contribution in [-0.4, -0.2) is 14.3 Å². The summed E-state index contributed by atoms with van der Waals surface area (Å²) in [5.74, 6) is -0.700. The van der Waals surface area contributed by atoms with Crippen LogP contribution in [0, 0.1) is 0 Å². The first-order chi connectivity index (χ1) is 14.1. The lowest BCUT2D eigenvalue weighted by Gasteiger charge is -2.12. The number of hydrogen-bond donors (Lipinski definition) is 2. The molecule has 0 spiro atoms. The molecule has 30 heavy (non-hydrogen) atoms. The van der Waals surface area contributed by atoms with Gasteiger partial charge in [-0.3, -0.25) is 9.52 Å². The fourth-order valence-corrected chi connectivity index (χ4v) is 3.74. The van der Waals surface area contributed by atoms with Crippen molar-refractivity contribution in [2.75, 3.05) is 10.0 Å². The molecule has 0 fully saturated rings. The lowest BCUT2D eigenvalue weighted by molar-refractivity contribution is -0.137. The van der Waals surface area contributed by atoms with E-state index in [-0.39, 0.29) is 26.9 Å². The van der Waals surface area contributed by atoms with E-state index in [0.717, 1.165) is 18.2 Å². The summed E-state index contributed by atoms with van der Waals surface area (Å²) in [6.45, 7) is 0. The molecule has 2 N–H and O–H groups in total. The fraction of sp³-hybridized carbons (Fsp3) is 0.0500. The van der Waals surface area contributed by atoms with E-state index >= 15 is 0 Å². The smallest absolute Gasteiger partial charge is 0.321 e. The van der Waals surface area contributed by atoms with Gasteiger partial charge in [0.15, 0.2) is 0 Å². The molecule has 0 bridgehead atoms. The minimum Gasteiger partial charge on any atom is -0.321 e. The summed E-state index contributed by atoms with van der Waals surface area (Å²) in [6, 6.07) is 15.7. The van der Waals surface area contributed by atoms with Gasteiger partial charge in [-0.25, -0.2) is 8.42 Å². The van der Waals surface area contributed by atoms with Crippen molar-refractivity contribution in [3.05, 3.63) is 88.9 Å². The van der Waals surface area contributed by atoms with Crippen LogP contribution in [0.5, 0.6) is 0 Å². The summed E-state index contributed by atoms with van der Waals surface area (Å²) >= 11 is 5.88. The van der Waals surface area contributed by atoms with Gasteiger partial charge in [0.2, 0.25) is 0 Å². The predicted molar refractivity (Wildman–Crippen MR) is 108 cm³/mol. The van der Waals surface area contributed by atoms with Gasteiger partial charge in [0, 0.05) is 11.3 Å². The highest BCUT2D eigenvalue weighted by atomic mass is 35.5. The van der Waals surface area contributed by atoms with E-state index < -0.39 is 27.7 Å². The zero-order valence-corrected chi connectivity index (χ0v) is 16.6. The van der Waals surface area contributed by atoms with Crippen LogP contribution < -0.4 is 10.0 Å². The number of alkyl halides is 3. The lowest BCUT2D eigenvalue weighted by Crippen LogP contribution is -2.15. The molecule has 3 aromatic carbocycles. The molecule has 0 atom stereocenters. The molecular weight excluding hydrogens is 441 g/mol. The van der Waals surface area contributed by atoms with Crippen LogP contribution in [0.2, 0.25) is 5.02 Å². The van der Waals surface area contributed by atoms with E-state index in [2.05, 4.69) is 10.0 Å². The fourth-order valence-electron chi connectivity index (χ4n) is 2.50. The van der Waals surface area contributed by atoms with E-state index in [0.29, 0.717) is 0 Å². The number of anilines is 2. The number of halogens is 4. The van der Waals surface area contributed by atoms with Crippen LogP contribution in [0.3, 0.4) is 0 Å². The third-order valence-corrected chi connectivity index (χ3v) is 5.72. The molecule has 0 radical (unpaired) electrons. The molecule has 5 nitrogen and oxygen atoms in total. The maximum Gasteiger partial charge on any atom is 0.416 e. The first kappa shape index (κ1) is 21.7. The highest BCUT2D eigenvalue weighted by Crippen LogP contribution is 2.34. The van der Waals surface area contributed by atoms with Gasteiger partial charge in [-0.2, -0.15) is 13.2 Å². The molecule has 3 rings (SSSR count). The third-order valence-electron chi connectivity index (χ3n) is 3.99. The number of rotatable bonds is 5. The van der Waals surface area contributed by atoms with Crippen molar-refractivity contribution in [1.29, 1.82) is 0 Å². The topological polar surface area (TPSA) is 75.3 Å². The highest BCUT2D eigenvalue weighted by molar-refractivity contribution is 7.92. The predicted octanol–water partition coefficient (Wildman–Crippen LogP) is 5.41. The van der Waals surface area contributed by atoms with Gasteiger partial charge in [0.05, 0.1) is 21.2 Å². The van der Waals surface area contributed by atoms with E-state index in [1.54, 1.807) is 18.2 Å². The second-order valence-electron chi connectivity index (χ2n) is 6.14. The Morgan fingerprint density at radius 3 is 2.13 bits per heavy atom. The van der Waals surface area contributed by atoms with Gasteiger partial charge >= 0.3 is 6.18 Å². The van der Waals surface area contributed by atoms with E-state index in [4.69, 9.17) is 11.6 Å². The summed E-state index contributed by atoms with van der Waals surface area (Å²) in [7, 11) is -3.79. The Morgan fingerprint density at radius 2 is 1.53 bits per heavy atom. The second kappa shape index (κ2) is 8.37. The maximum absolute atomic E-state index is 12.9. The van der Waals surface area contributed by atoms with Gasteiger partial charge < -0.3 is 5.32 Å². The van der Waals surface area contributed by atoms with Gasteiger partial charge in [0.1, 0.15) is 0 Å². The Morgan fingerprint density at radius 1 is 0.900 bits per heavy atom. The number of carbonyl (C=O) groups excluding carboxylic acids is 1. The molecule has 3 aromatic rings. The molecule has 0 saturated heterocycles. The quantitative estimate of drug-likeness (QED) is 0.541. The molecule has 156 valence electrons. The molecular formula is C20H14ClF3N2O3S. The van der Waals surface area contributed by atoms with Crippen LogP contribution in [0.4, 0.5) is 24.5 Å². The molecule has 0 aromatic heterocycles. The van der Waals surface area contributed by atoms with E-state index in [9.17, 15) is 26.4 Å². The highest BCUT2D eigenvalue weighted by Gasteiger charge is 2.31. The van der Waals surface area contributed by atoms with Crippen LogP contribution in [-0.2, 0) is 16.2 Å². The number of benzene rings is 3. The van der Waals surface area contributed by atoms with Gasteiger partial charge in [-0.15, -0.1) is 0 Å². The third kappa shape index (κ3) is 5.11. The molecule has 0 aliphatic carbocycles. The van der Waals surface area contributed by atoms with Crippen molar-refractivity contribution < 1.29 is 26.4 Å². The largest absolute Gasteiger partial charge is 0.416 e. The minimum atomic E-state index is -4.58. The van der Waals surface area contributed by atoms with E-state index in [1.165, 1.54) is 36.4 Å². The summed E-state index contributed by atoms with van der Waals surface area (Å²) in [4.78, 5) is 12.4. The molecule has 10 heteroatoms. The summed E-state index contributed by atoms with van der Waals surface area (Å²) in [5.41, 5.74) is -0.822. The Balaban J connectivity index is 1.75. The summed E-state index contributed by atoms with van der Waals surface area (Å²) in [6.07, 6.45) is -4.58. The average molecular weight is 455 g/mol. The average Bonchev–Trinajstić information content (AvgIpc) is 2.69. The second-order valence-corrected chi connectivity index (χ2v) is 8.23. The van der Waals surface area contributed by atoms with Crippen molar-refractivity contribution in [2.24, 2.45) is 0 Å². The van der Waals surface area contributed by atoms with Crippen LogP contribution in [0.25, 0.3) is 0 Å². The molecule has 0 saturated carbocycles. The number of carbonyl (C=O) groups is 1. The lowest BCUT2D eigenvalue weighted by atomic mass is 10.1. The molecule has 0 aliphatic rings. The standard InChI is InChI=1S/C20H14ClF3N2O3S/c21-17-11-8-14(20(22,23)24)12-18(17)25-19(27)13-6-9-15(10-7-13)26-30(28,29)16-4-2-1-3-5-16/h1-12,26H,(H,25,27). The SMILES string of the molecule is O=C(Nc1cc(C(F)(F)F)ccc1Cl)c1ccc(NS(=O)(=O)c2ccccc2)cc1.